The normalized spacial score (nSPS) is 15.8. The molecule has 1 fully saturated rings. The van der Waals surface area contributed by atoms with Crippen molar-refractivity contribution in [3.63, 3.8) is 0 Å². The van der Waals surface area contributed by atoms with Crippen molar-refractivity contribution in [1.82, 2.24) is 10.2 Å². The predicted molar refractivity (Wildman–Crippen MR) is 74.0 cm³/mol. The van der Waals surface area contributed by atoms with Crippen LogP contribution in [0.25, 0.3) is 0 Å². The number of nitrogens with zero attached hydrogens (tertiary/aromatic N) is 1. The van der Waals surface area contributed by atoms with E-state index in [9.17, 15) is 14.4 Å². The largest absolute Gasteiger partial charge is 0.480 e. The minimum Gasteiger partial charge on any atom is -0.480 e. The van der Waals surface area contributed by atoms with Crippen molar-refractivity contribution in [1.29, 1.82) is 0 Å². The summed E-state index contributed by atoms with van der Waals surface area (Å²) in [6, 6.07) is -0.830. The summed E-state index contributed by atoms with van der Waals surface area (Å²) >= 11 is 0. The molecule has 114 valence electrons. The Balaban J connectivity index is 2.43. The number of amides is 2. The third-order valence-corrected chi connectivity index (χ3v) is 3.39. The third kappa shape index (κ3) is 5.19. The first-order valence-corrected chi connectivity index (χ1v) is 7.13. The van der Waals surface area contributed by atoms with Crippen molar-refractivity contribution in [2.45, 2.75) is 58.5 Å². The van der Waals surface area contributed by atoms with Gasteiger partial charge in [0.2, 0.25) is 11.8 Å². The number of carboxylic acids is 1. The maximum Gasteiger partial charge on any atom is 0.326 e. The van der Waals surface area contributed by atoms with Crippen LogP contribution >= 0.6 is 0 Å². The monoisotopic (exact) mass is 284 g/mol. The van der Waals surface area contributed by atoms with Crippen LogP contribution in [0, 0.1) is 5.92 Å². The second-order valence-corrected chi connectivity index (χ2v) is 5.76. The van der Waals surface area contributed by atoms with Gasteiger partial charge in [-0.25, -0.2) is 4.79 Å². The van der Waals surface area contributed by atoms with Gasteiger partial charge in [0.25, 0.3) is 0 Å². The number of carboxylic acid groups (broad SMARTS) is 1. The SMILES string of the molecule is CC(C)CCC(=O)NCC(=O)N(C1CC1)C(C)C(=O)O. The van der Waals surface area contributed by atoms with Gasteiger partial charge in [-0.1, -0.05) is 13.8 Å². The average Bonchev–Trinajstić information content (AvgIpc) is 3.18. The maximum absolute atomic E-state index is 12.1. The van der Waals surface area contributed by atoms with Gasteiger partial charge in [-0.2, -0.15) is 0 Å². The number of hydrogen-bond donors (Lipinski definition) is 2. The molecule has 0 aliphatic heterocycles. The van der Waals surface area contributed by atoms with Gasteiger partial charge < -0.3 is 15.3 Å². The zero-order valence-corrected chi connectivity index (χ0v) is 12.4. The van der Waals surface area contributed by atoms with Crippen LogP contribution in [0.3, 0.4) is 0 Å². The molecule has 0 aromatic carbocycles. The molecular formula is C14H24N2O4. The highest BCUT2D eigenvalue weighted by Gasteiger charge is 2.38. The average molecular weight is 284 g/mol. The summed E-state index contributed by atoms with van der Waals surface area (Å²) in [5.74, 6) is -1.06. The minimum atomic E-state index is -1.02. The lowest BCUT2D eigenvalue weighted by Crippen LogP contribution is -2.48. The summed E-state index contributed by atoms with van der Waals surface area (Å²) in [6.45, 7) is 5.44. The summed E-state index contributed by atoms with van der Waals surface area (Å²) in [5, 5.41) is 11.6. The van der Waals surface area contributed by atoms with E-state index in [1.807, 2.05) is 13.8 Å². The van der Waals surface area contributed by atoms with E-state index in [-0.39, 0.29) is 24.4 Å². The van der Waals surface area contributed by atoms with Gasteiger partial charge in [0.15, 0.2) is 0 Å². The maximum atomic E-state index is 12.1. The highest BCUT2D eigenvalue weighted by molar-refractivity contribution is 5.88. The van der Waals surface area contributed by atoms with Gasteiger partial charge in [-0.05, 0) is 32.1 Å². The van der Waals surface area contributed by atoms with Gasteiger partial charge in [-0.3, -0.25) is 9.59 Å². The zero-order valence-electron chi connectivity index (χ0n) is 12.4. The van der Waals surface area contributed by atoms with Crippen LogP contribution in [0.15, 0.2) is 0 Å². The van der Waals surface area contributed by atoms with Crippen LogP contribution in [0.1, 0.15) is 46.5 Å². The number of rotatable bonds is 8. The molecule has 1 unspecified atom stereocenters. The molecule has 0 aromatic rings. The van der Waals surface area contributed by atoms with E-state index in [4.69, 9.17) is 5.11 Å². The number of carbonyl (C=O) groups is 3. The lowest BCUT2D eigenvalue weighted by Gasteiger charge is -2.26. The van der Waals surface area contributed by atoms with Crippen molar-refractivity contribution in [2.75, 3.05) is 6.54 Å². The Morgan fingerprint density at radius 3 is 2.30 bits per heavy atom. The highest BCUT2D eigenvalue weighted by Crippen LogP contribution is 2.28. The Hall–Kier alpha value is -1.59. The van der Waals surface area contributed by atoms with E-state index in [0.717, 1.165) is 19.3 Å². The van der Waals surface area contributed by atoms with Gasteiger partial charge in [0.1, 0.15) is 6.04 Å². The molecular weight excluding hydrogens is 260 g/mol. The highest BCUT2D eigenvalue weighted by atomic mass is 16.4. The van der Waals surface area contributed by atoms with E-state index in [1.54, 1.807) is 0 Å². The molecule has 0 spiro atoms. The van der Waals surface area contributed by atoms with Crippen LogP contribution in [0.5, 0.6) is 0 Å². The molecule has 6 heteroatoms. The minimum absolute atomic E-state index is 0.0150. The van der Waals surface area contributed by atoms with E-state index in [0.29, 0.717) is 12.3 Å². The van der Waals surface area contributed by atoms with Crippen molar-refractivity contribution in [3.8, 4) is 0 Å². The topological polar surface area (TPSA) is 86.7 Å². The summed E-state index contributed by atoms with van der Waals surface area (Å²) < 4.78 is 0. The van der Waals surface area contributed by atoms with Crippen molar-refractivity contribution < 1.29 is 19.5 Å². The number of hydrogen-bond acceptors (Lipinski definition) is 3. The molecule has 1 rings (SSSR count). The van der Waals surface area contributed by atoms with Crippen LogP contribution in [-0.4, -0.2) is 46.4 Å². The molecule has 0 heterocycles. The Morgan fingerprint density at radius 1 is 1.25 bits per heavy atom. The predicted octanol–water partition coefficient (Wildman–Crippen LogP) is 1.00. The van der Waals surface area contributed by atoms with Gasteiger partial charge >= 0.3 is 5.97 Å². The molecule has 0 bridgehead atoms. The molecule has 2 amide bonds. The molecule has 1 saturated carbocycles. The third-order valence-electron chi connectivity index (χ3n) is 3.39. The van der Waals surface area contributed by atoms with Crippen LogP contribution in [0.4, 0.5) is 0 Å². The number of aliphatic carboxylic acids is 1. The van der Waals surface area contributed by atoms with E-state index >= 15 is 0 Å². The Kier molecular flexibility index (Phi) is 5.98. The Morgan fingerprint density at radius 2 is 1.85 bits per heavy atom. The zero-order chi connectivity index (χ0) is 15.3. The summed E-state index contributed by atoms with van der Waals surface area (Å²) in [4.78, 5) is 36.0. The van der Waals surface area contributed by atoms with Crippen molar-refractivity contribution >= 4 is 17.8 Å². The van der Waals surface area contributed by atoms with Gasteiger partial charge in [0, 0.05) is 12.5 Å². The first-order valence-electron chi connectivity index (χ1n) is 7.13. The number of carbonyl (C=O) groups excluding carboxylic acids is 2. The molecule has 0 saturated heterocycles. The smallest absolute Gasteiger partial charge is 0.326 e. The fourth-order valence-corrected chi connectivity index (χ4v) is 1.98. The molecule has 20 heavy (non-hydrogen) atoms. The fraction of sp³-hybridized carbons (Fsp3) is 0.786. The van der Waals surface area contributed by atoms with Crippen molar-refractivity contribution in [3.05, 3.63) is 0 Å². The summed E-state index contributed by atoms with van der Waals surface area (Å²) in [5.41, 5.74) is 0. The molecule has 0 aromatic heterocycles. The van der Waals surface area contributed by atoms with Crippen LogP contribution < -0.4 is 5.32 Å². The second-order valence-electron chi connectivity index (χ2n) is 5.76. The van der Waals surface area contributed by atoms with Crippen LogP contribution in [-0.2, 0) is 14.4 Å². The second kappa shape index (κ2) is 7.26. The first-order chi connectivity index (χ1) is 9.32. The standard InChI is InChI=1S/C14H24N2O4/c1-9(2)4-7-12(17)15-8-13(18)16(11-5-6-11)10(3)14(19)20/h9-11H,4-8H2,1-3H3,(H,15,17)(H,19,20). The van der Waals surface area contributed by atoms with Crippen LogP contribution in [0.2, 0.25) is 0 Å². The lowest BCUT2D eigenvalue weighted by molar-refractivity contribution is -0.149. The molecule has 6 nitrogen and oxygen atoms in total. The quantitative estimate of drug-likeness (QED) is 0.696. The molecule has 0 radical (unpaired) electrons. The summed E-state index contributed by atoms with van der Waals surface area (Å²) in [7, 11) is 0. The molecule has 2 N–H and O–H groups in total. The van der Waals surface area contributed by atoms with Gasteiger partial charge in [-0.15, -0.1) is 0 Å². The van der Waals surface area contributed by atoms with E-state index in [2.05, 4.69) is 5.32 Å². The number of nitrogens with one attached hydrogen (secondary N) is 1. The molecule has 1 aliphatic carbocycles. The Bertz CT molecular complexity index is 377. The molecule has 1 atom stereocenters. The summed E-state index contributed by atoms with van der Waals surface area (Å²) in [6.07, 6.45) is 2.84. The van der Waals surface area contributed by atoms with E-state index < -0.39 is 12.0 Å². The fourth-order valence-electron chi connectivity index (χ4n) is 1.98. The first kappa shape index (κ1) is 16.5. The van der Waals surface area contributed by atoms with Gasteiger partial charge in [0.05, 0.1) is 6.54 Å². The Labute approximate surface area is 119 Å². The van der Waals surface area contributed by atoms with Crippen molar-refractivity contribution in [2.24, 2.45) is 5.92 Å². The molecule has 1 aliphatic rings. The van der Waals surface area contributed by atoms with E-state index in [1.165, 1.54) is 11.8 Å². The lowest BCUT2D eigenvalue weighted by atomic mass is 10.1.